The number of hydrogen-bond acceptors (Lipinski definition) is 4. The molecule has 20 heavy (non-hydrogen) atoms. The number of nitrogens with zero attached hydrogens (tertiary/aromatic N) is 1. The van der Waals surface area contributed by atoms with Crippen LogP contribution >= 0.6 is 11.8 Å². The van der Waals surface area contributed by atoms with Crippen molar-refractivity contribution in [2.75, 3.05) is 31.6 Å². The van der Waals surface area contributed by atoms with E-state index in [2.05, 4.69) is 15.5 Å². The lowest BCUT2D eigenvalue weighted by molar-refractivity contribution is -0.139. The van der Waals surface area contributed by atoms with E-state index in [1.54, 1.807) is 11.8 Å². The van der Waals surface area contributed by atoms with Crippen molar-refractivity contribution >= 4 is 23.8 Å². The van der Waals surface area contributed by atoms with E-state index in [-0.39, 0.29) is 6.04 Å². The van der Waals surface area contributed by atoms with Crippen LogP contribution in [-0.4, -0.2) is 65.7 Å². The molecule has 1 saturated heterocycles. The van der Waals surface area contributed by atoms with Gasteiger partial charge in [-0.25, -0.2) is 9.59 Å². The van der Waals surface area contributed by atoms with Gasteiger partial charge in [0.25, 0.3) is 0 Å². The first-order chi connectivity index (χ1) is 9.52. The van der Waals surface area contributed by atoms with Gasteiger partial charge in [0, 0.05) is 12.6 Å². The highest BCUT2D eigenvalue weighted by Crippen LogP contribution is 2.07. The summed E-state index contributed by atoms with van der Waals surface area (Å²) >= 11 is 1.57. The van der Waals surface area contributed by atoms with Gasteiger partial charge in [0.05, 0.1) is 0 Å². The summed E-state index contributed by atoms with van der Waals surface area (Å²) in [5.41, 5.74) is 0. The van der Waals surface area contributed by atoms with Gasteiger partial charge < -0.3 is 20.6 Å². The van der Waals surface area contributed by atoms with Gasteiger partial charge in [-0.3, -0.25) is 0 Å². The molecule has 0 aromatic rings. The number of carbonyl (C=O) groups excluding carboxylic acids is 1. The van der Waals surface area contributed by atoms with Crippen LogP contribution in [0.2, 0.25) is 0 Å². The average molecular weight is 303 g/mol. The molecule has 1 fully saturated rings. The Labute approximate surface area is 124 Å². The van der Waals surface area contributed by atoms with E-state index in [4.69, 9.17) is 5.11 Å². The zero-order chi connectivity index (χ0) is 15.0. The monoisotopic (exact) mass is 303 g/mol. The van der Waals surface area contributed by atoms with Crippen LogP contribution in [0.4, 0.5) is 4.79 Å². The number of carboxylic acid groups (broad SMARTS) is 1. The highest BCUT2D eigenvalue weighted by molar-refractivity contribution is 7.98. The standard InChI is InChI=1S/C13H25N3O3S/c1-10(9-16-6-3-4-7-16)14-13(19)15-11(12(17)18)5-8-20-2/h10-11H,3-9H2,1-2H3,(H,17,18)(H2,14,15,19)/t10?,11-/m0/s1. The number of thioether (sulfide) groups is 1. The Morgan fingerprint density at radius 3 is 2.50 bits per heavy atom. The Morgan fingerprint density at radius 2 is 1.95 bits per heavy atom. The Hall–Kier alpha value is -0.950. The van der Waals surface area contributed by atoms with E-state index >= 15 is 0 Å². The molecule has 0 radical (unpaired) electrons. The molecule has 0 aromatic carbocycles. The smallest absolute Gasteiger partial charge is 0.326 e. The van der Waals surface area contributed by atoms with Crippen molar-refractivity contribution < 1.29 is 14.7 Å². The van der Waals surface area contributed by atoms with Gasteiger partial charge >= 0.3 is 12.0 Å². The Balaban J connectivity index is 2.30. The van der Waals surface area contributed by atoms with Crippen molar-refractivity contribution in [2.45, 2.75) is 38.3 Å². The number of carboxylic acids is 1. The van der Waals surface area contributed by atoms with Crippen molar-refractivity contribution in [1.29, 1.82) is 0 Å². The molecule has 1 rings (SSSR count). The molecule has 2 atom stereocenters. The van der Waals surface area contributed by atoms with Crippen LogP contribution < -0.4 is 10.6 Å². The zero-order valence-electron chi connectivity index (χ0n) is 12.2. The summed E-state index contributed by atoms with van der Waals surface area (Å²) in [5.74, 6) is -0.276. The minimum atomic E-state index is -0.985. The molecule has 1 aliphatic rings. The normalized spacial score (nSPS) is 18.5. The van der Waals surface area contributed by atoms with Gasteiger partial charge in [-0.05, 0) is 51.3 Å². The van der Waals surface area contributed by atoms with E-state index in [1.807, 2.05) is 13.2 Å². The summed E-state index contributed by atoms with van der Waals surface area (Å²) in [7, 11) is 0. The first kappa shape index (κ1) is 17.1. The second kappa shape index (κ2) is 9.07. The van der Waals surface area contributed by atoms with Crippen LogP contribution in [0.1, 0.15) is 26.2 Å². The lowest BCUT2D eigenvalue weighted by atomic mass is 10.2. The van der Waals surface area contributed by atoms with Crippen molar-refractivity contribution in [2.24, 2.45) is 0 Å². The van der Waals surface area contributed by atoms with Crippen LogP contribution in [0.15, 0.2) is 0 Å². The minimum Gasteiger partial charge on any atom is -0.480 e. The van der Waals surface area contributed by atoms with E-state index in [0.29, 0.717) is 12.2 Å². The summed E-state index contributed by atoms with van der Waals surface area (Å²) in [6.45, 7) is 4.92. The summed E-state index contributed by atoms with van der Waals surface area (Å²) in [4.78, 5) is 25.2. The highest BCUT2D eigenvalue weighted by atomic mass is 32.2. The number of rotatable bonds is 8. The lowest BCUT2D eigenvalue weighted by Crippen LogP contribution is -2.50. The maximum absolute atomic E-state index is 11.8. The summed E-state index contributed by atoms with van der Waals surface area (Å²) in [5, 5.41) is 14.4. The molecule has 1 unspecified atom stereocenters. The quantitative estimate of drug-likeness (QED) is 0.622. The van der Waals surface area contributed by atoms with Crippen LogP contribution in [0, 0.1) is 0 Å². The predicted octanol–water partition coefficient (Wildman–Crippen LogP) is 0.976. The van der Waals surface area contributed by atoms with Crippen molar-refractivity contribution in [1.82, 2.24) is 15.5 Å². The van der Waals surface area contributed by atoms with Gasteiger partial charge in [-0.1, -0.05) is 0 Å². The van der Waals surface area contributed by atoms with E-state index < -0.39 is 18.0 Å². The summed E-state index contributed by atoms with van der Waals surface area (Å²) in [6.07, 6.45) is 4.78. The molecule has 2 amide bonds. The van der Waals surface area contributed by atoms with Crippen molar-refractivity contribution in [3.05, 3.63) is 0 Å². The van der Waals surface area contributed by atoms with Gasteiger partial charge in [-0.15, -0.1) is 0 Å². The van der Waals surface area contributed by atoms with Crippen LogP contribution in [0.5, 0.6) is 0 Å². The predicted molar refractivity (Wildman–Crippen MR) is 81.2 cm³/mol. The number of amides is 2. The zero-order valence-corrected chi connectivity index (χ0v) is 13.0. The molecule has 0 spiro atoms. The van der Waals surface area contributed by atoms with Gasteiger partial charge in [-0.2, -0.15) is 11.8 Å². The number of aliphatic carboxylic acids is 1. The molecule has 3 N–H and O–H groups in total. The summed E-state index contributed by atoms with van der Waals surface area (Å²) in [6, 6.07) is -1.20. The number of likely N-dealkylation sites (tertiary alicyclic amines) is 1. The van der Waals surface area contributed by atoms with Crippen LogP contribution in [-0.2, 0) is 4.79 Å². The van der Waals surface area contributed by atoms with E-state index in [1.165, 1.54) is 12.8 Å². The molecular weight excluding hydrogens is 278 g/mol. The van der Waals surface area contributed by atoms with E-state index in [0.717, 1.165) is 19.6 Å². The number of carbonyl (C=O) groups is 2. The van der Waals surface area contributed by atoms with E-state index in [9.17, 15) is 9.59 Å². The van der Waals surface area contributed by atoms with Crippen LogP contribution in [0.25, 0.3) is 0 Å². The SMILES string of the molecule is CSCC[C@H](NC(=O)NC(C)CN1CCCC1)C(=O)O. The third-order valence-electron chi connectivity index (χ3n) is 3.32. The molecule has 1 aliphatic heterocycles. The molecular formula is C13H25N3O3S. The third kappa shape index (κ3) is 6.47. The maximum Gasteiger partial charge on any atom is 0.326 e. The fourth-order valence-corrected chi connectivity index (χ4v) is 2.79. The first-order valence-electron chi connectivity index (χ1n) is 7.04. The Morgan fingerprint density at radius 1 is 1.30 bits per heavy atom. The molecule has 0 aromatic heterocycles. The van der Waals surface area contributed by atoms with Crippen molar-refractivity contribution in [3.8, 4) is 0 Å². The Bertz CT molecular complexity index is 322. The molecule has 116 valence electrons. The molecule has 6 nitrogen and oxygen atoms in total. The molecule has 0 bridgehead atoms. The average Bonchev–Trinajstić information content (AvgIpc) is 2.86. The molecule has 0 aliphatic carbocycles. The maximum atomic E-state index is 11.8. The molecule has 0 saturated carbocycles. The Kier molecular flexibility index (Phi) is 7.76. The van der Waals surface area contributed by atoms with Gasteiger partial charge in [0.2, 0.25) is 0 Å². The topological polar surface area (TPSA) is 81.7 Å². The second-order valence-electron chi connectivity index (χ2n) is 5.20. The number of urea groups is 1. The van der Waals surface area contributed by atoms with Gasteiger partial charge in [0.1, 0.15) is 6.04 Å². The van der Waals surface area contributed by atoms with Crippen molar-refractivity contribution in [3.63, 3.8) is 0 Å². The van der Waals surface area contributed by atoms with Crippen LogP contribution in [0.3, 0.4) is 0 Å². The summed E-state index contributed by atoms with van der Waals surface area (Å²) < 4.78 is 0. The first-order valence-corrected chi connectivity index (χ1v) is 8.43. The fourth-order valence-electron chi connectivity index (χ4n) is 2.31. The minimum absolute atomic E-state index is 0.0168. The molecule has 7 heteroatoms. The number of hydrogen-bond donors (Lipinski definition) is 3. The second-order valence-corrected chi connectivity index (χ2v) is 6.18. The third-order valence-corrected chi connectivity index (χ3v) is 3.97. The highest BCUT2D eigenvalue weighted by Gasteiger charge is 2.21. The fraction of sp³-hybridized carbons (Fsp3) is 0.846. The largest absolute Gasteiger partial charge is 0.480 e. The number of nitrogens with one attached hydrogen (secondary N) is 2. The van der Waals surface area contributed by atoms with Gasteiger partial charge in [0.15, 0.2) is 0 Å². The lowest BCUT2D eigenvalue weighted by Gasteiger charge is -2.22. The molecule has 1 heterocycles.